The van der Waals surface area contributed by atoms with Crippen molar-refractivity contribution in [3.63, 3.8) is 0 Å². The fourth-order valence-corrected chi connectivity index (χ4v) is 3.57. The van der Waals surface area contributed by atoms with E-state index in [4.69, 9.17) is 23.2 Å². The van der Waals surface area contributed by atoms with E-state index in [9.17, 15) is 9.59 Å². The Bertz CT molecular complexity index is 1360. The monoisotopic (exact) mass is 444 g/mol. The maximum atomic E-state index is 13.2. The Balaban J connectivity index is 1.76. The SMILES string of the molecule is Cn1c(NCc2cccnc2)nc2c1c(=O)n(Cc1ccc(Cl)c(Cl)c1)c(=O)n2C. The highest BCUT2D eigenvalue weighted by molar-refractivity contribution is 6.42. The maximum absolute atomic E-state index is 13.2. The van der Waals surface area contributed by atoms with Crippen LogP contribution in [0.5, 0.6) is 0 Å². The van der Waals surface area contributed by atoms with Crippen LogP contribution in [0.25, 0.3) is 11.2 Å². The lowest BCUT2D eigenvalue weighted by molar-refractivity contribution is 0.655. The number of hydrogen-bond donors (Lipinski definition) is 1. The lowest BCUT2D eigenvalue weighted by atomic mass is 10.2. The van der Waals surface area contributed by atoms with Gasteiger partial charge in [-0.1, -0.05) is 35.3 Å². The molecule has 0 saturated carbocycles. The highest BCUT2D eigenvalue weighted by Gasteiger charge is 2.18. The van der Waals surface area contributed by atoms with Crippen molar-refractivity contribution in [3.8, 4) is 0 Å². The minimum Gasteiger partial charge on any atom is -0.351 e. The van der Waals surface area contributed by atoms with Gasteiger partial charge in [0.05, 0.1) is 16.6 Å². The number of fused-ring (bicyclic) bond motifs is 1. The minimum atomic E-state index is -0.463. The second-order valence-corrected chi connectivity index (χ2v) is 7.68. The average molecular weight is 445 g/mol. The molecule has 0 saturated heterocycles. The van der Waals surface area contributed by atoms with E-state index in [-0.39, 0.29) is 6.54 Å². The third kappa shape index (κ3) is 3.59. The van der Waals surface area contributed by atoms with Gasteiger partial charge in [-0.15, -0.1) is 0 Å². The van der Waals surface area contributed by atoms with E-state index in [0.29, 0.717) is 39.3 Å². The average Bonchev–Trinajstić information content (AvgIpc) is 3.08. The summed E-state index contributed by atoms with van der Waals surface area (Å²) in [6.07, 6.45) is 3.44. The molecule has 1 N–H and O–H groups in total. The van der Waals surface area contributed by atoms with E-state index >= 15 is 0 Å². The van der Waals surface area contributed by atoms with Crippen molar-refractivity contribution >= 4 is 40.3 Å². The molecular weight excluding hydrogens is 427 g/mol. The Labute approximate surface area is 181 Å². The Morgan fingerprint density at radius 3 is 2.53 bits per heavy atom. The third-order valence-corrected chi connectivity index (χ3v) is 5.60. The first-order chi connectivity index (χ1) is 14.4. The van der Waals surface area contributed by atoms with Gasteiger partial charge in [-0.2, -0.15) is 4.98 Å². The summed E-state index contributed by atoms with van der Waals surface area (Å²) in [6, 6.07) is 8.79. The zero-order valence-electron chi connectivity index (χ0n) is 16.3. The number of pyridine rings is 1. The van der Waals surface area contributed by atoms with Gasteiger partial charge in [0, 0.05) is 33.0 Å². The molecule has 0 spiro atoms. The van der Waals surface area contributed by atoms with E-state index in [0.717, 1.165) is 10.1 Å². The lowest BCUT2D eigenvalue weighted by Crippen LogP contribution is -2.39. The van der Waals surface area contributed by atoms with Gasteiger partial charge >= 0.3 is 5.69 Å². The molecule has 3 heterocycles. The van der Waals surface area contributed by atoms with Crippen molar-refractivity contribution in [1.29, 1.82) is 0 Å². The summed E-state index contributed by atoms with van der Waals surface area (Å²) in [5.41, 5.74) is 1.41. The number of nitrogens with one attached hydrogen (secondary N) is 1. The smallest absolute Gasteiger partial charge is 0.332 e. The standard InChI is InChI=1S/C20H18Cl2N6O2/c1-26-16-17(25-19(26)24-10-13-4-3-7-23-9-13)27(2)20(30)28(18(16)29)11-12-5-6-14(21)15(22)8-12/h3-9H,10-11H2,1-2H3,(H,24,25). The fraction of sp³-hybridized carbons (Fsp3) is 0.200. The van der Waals surface area contributed by atoms with Crippen molar-refractivity contribution in [2.45, 2.75) is 13.1 Å². The number of aromatic nitrogens is 5. The molecule has 3 aromatic heterocycles. The molecule has 4 rings (SSSR count). The molecule has 154 valence electrons. The van der Waals surface area contributed by atoms with Gasteiger partial charge in [0.1, 0.15) is 0 Å². The number of aryl methyl sites for hydroxylation is 2. The molecular formula is C20H18Cl2N6O2. The Hall–Kier alpha value is -3.10. The second-order valence-electron chi connectivity index (χ2n) is 6.86. The summed E-state index contributed by atoms with van der Waals surface area (Å²) >= 11 is 12.0. The molecule has 0 atom stereocenters. The number of rotatable bonds is 5. The number of imidazole rings is 1. The normalized spacial score (nSPS) is 11.2. The van der Waals surface area contributed by atoms with Crippen LogP contribution in [0, 0.1) is 0 Å². The summed E-state index contributed by atoms with van der Waals surface area (Å²) in [5.74, 6) is 0.480. The van der Waals surface area contributed by atoms with Crippen LogP contribution in [0.4, 0.5) is 5.95 Å². The molecule has 4 aromatic rings. The van der Waals surface area contributed by atoms with Crippen LogP contribution < -0.4 is 16.6 Å². The van der Waals surface area contributed by atoms with Crippen LogP contribution in [-0.4, -0.2) is 23.7 Å². The van der Waals surface area contributed by atoms with Crippen molar-refractivity contribution in [2.75, 3.05) is 5.32 Å². The largest absolute Gasteiger partial charge is 0.351 e. The molecule has 0 amide bonds. The van der Waals surface area contributed by atoms with E-state index in [2.05, 4.69) is 15.3 Å². The van der Waals surface area contributed by atoms with Crippen molar-refractivity contribution in [1.82, 2.24) is 23.7 Å². The summed E-state index contributed by atoms with van der Waals surface area (Å²) in [4.78, 5) is 34.6. The lowest BCUT2D eigenvalue weighted by Gasteiger charge is -2.09. The molecule has 0 radical (unpaired) electrons. The van der Waals surface area contributed by atoms with Crippen LogP contribution in [0.15, 0.2) is 52.3 Å². The molecule has 0 aliphatic carbocycles. The number of anilines is 1. The van der Waals surface area contributed by atoms with Crippen molar-refractivity contribution in [2.24, 2.45) is 14.1 Å². The van der Waals surface area contributed by atoms with Gasteiger partial charge in [0.25, 0.3) is 5.56 Å². The first kappa shape index (κ1) is 20.2. The molecule has 30 heavy (non-hydrogen) atoms. The molecule has 8 nitrogen and oxygen atoms in total. The van der Waals surface area contributed by atoms with Gasteiger partial charge < -0.3 is 9.88 Å². The molecule has 0 unspecified atom stereocenters. The summed E-state index contributed by atoms with van der Waals surface area (Å²) in [6.45, 7) is 0.554. The van der Waals surface area contributed by atoms with E-state index in [1.54, 1.807) is 49.3 Å². The Morgan fingerprint density at radius 2 is 1.83 bits per heavy atom. The van der Waals surface area contributed by atoms with Gasteiger partial charge in [-0.05, 0) is 29.3 Å². The minimum absolute atomic E-state index is 0.0714. The maximum Gasteiger partial charge on any atom is 0.332 e. The number of nitrogens with zero attached hydrogens (tertiary/aromatic N) is 5. The van der Waals surface area contributed by atoms with Crippen molar-refractivity contribution < 1.29 is 0 Å². The zero-order chi connectivity index (χ0) is 21.4. The van der Waals surface area contributed by atoms with E-state index in [1.807, 2.05) is 12.1 Å². The Morgan fingerprint density at radius 1 is 1.03 bits per heavy atom. The van der Waals surface area contributed by atoms with Crippen LogP contribution in [0.2, 0.25) is 10.0 Å². The Kier molecular flexibility index (Phi) is 5.36. The quantitative estimate of drug-likeness (QED) is 0.511. The molecule has 10 heteroatoms. The highest BCUT2D eigenvalue weighted by atomic mass is 35.5. The number of halogens is 2. The number of hydrogen-bond acceptors (Lipinski definition) is 5. The summed E-state index contributed by atoms with van der Waals surface area (Å²) in [5, 5.41) is 3.96. The van der Waals surface area contributed by atoms with Gasteiger partial charge in [-0.3, -0.25) is 18.9 Å². The zero-order valence-corrected chi connectivity index (χ0v) is 17.8. The molecule has 0 bridgehead atoms. The molecule has 0 aliphatic rings. The summed E-state index contributed by atoms with van der Waals surface area (Å²) < 4.78 is 4.18. The topological polar surface area (TPSA) is 86.7 Å². The predicted octanol–water partition coefficient (Wildman–Crippen LogP) is 2.80. The number of benzene rings is 1. The van der Waals surface area contributed by atoms with Crippen LogP contribution in [0.1, 0.15) is 11.1 Å². The predicted molar refractivity (Wildman–Crippen MR) is 117 cm³/mol. The molecule has 0 fully saturated rings. The second kappa shape index (κ2) is 7.97. The molecule has 0 aliphatic heterocycles. The fourth-order valence-electron chi connectivity index (χ4n) is 3.25. The van der Waals surface area contributed by atoms with Gasteiger partial charge in [-0.25, -0.2) is 4.79 Å². The van der Waals surface area contributed by atoms with Crippen LogP contribution in [0.3, 0.4) is 0 Å². The summed E-state index contributed by atoms with van der Waals surface area (Å²) in [7, 11) is 3.32. The molecule has 1 aromatic carbocycles. The van der Waals surface area contributed by atoms with Crippen LogP contribution in [-0.2, 0) is 27.2 Å². The highest BCUT2D eigenvalue weighted by Crippen LogP contribution is 2.23. The first-order valence-electron chi connectivity index (χ1n) is 9.09. The third-order valence-electron chi connectivity index (χ3n) is 4.86. The van der Waals surface area contributed by atoms with E-state index in [1.165, 1.54) is 4.57 Å². The van der Waals surface area contributed by atoms with Gasteiger partial charge in [0.15, 0.2) is 11.2 Å². The van der Waals surface area contributed by atoms with Crippen LogP contribution >= 0.6 is 23.2 Å². The van der Waals surface area contributed by atoms with Crippen molar-refractivity contribution in [3.05, 3.63) is 84.7 Å². The van der Waals surface area contributed by atoms with E-state index < -0.39 is 11.2 Å². The first-order valence-corrected chi connectivity index (χ1v) is 9.85. The van der Waals surface area contributed by atoms with Gasteiger partial charge in [0.2, 0.25) is 5.95 Å².